The molecule has 3 rings (SSSR count). The maximum Gasteiger partial charge on any atom is 0.271 e. The molecular weight excluding hydrogens is 378 g/mol. The number of amides is 2. The van der Waals surface area contributed by atoms with Gasteiger partial charge in [0.05, 0.1) is 5.71 Å². The molecule has 1 heterocycles. The molecule has 0 saturated carbocycles. The van der Waals surface area contributed by atoms with E-state index in [9.17, 15) is 9.59 Å². The van der Waals surface area contributed by atoms with Crippen molar-refractivity contribution in [2.75, 3.05) is 19.7 Å². The minimum absolute atomic E-state index is 0.0178. The minimum atomic E-state index is -0.309. The van der Waals surface area contributed by atoms with Crippen LogP contribution in [-0.4, -0.2) is 42.1 Å². The van der Waals surface area contributed by atoms with E-state index in [1.54, 1.807) is 43.3 Å². The highest BCUT2D eigenvalue weighted by Crippen LogP contribution is 2.14. The zero-order chi connectivity index (χ0) is 19.9. The van der Waals surface area contributed by atoms with Crippen LogP contribution in [-0.2, 0) is 4.79 Å². The zero-order valence-electron chi connectivity index (χ0n) is 15.7. The maximum atomic E-state index is 12.1. The molecule has 0 unspecified atom stereocenters. The summed E-state index contributed by atoms with van der Waals surface area (Å²) in [4.78, 5) is 25.9. The lowest BCUT2D eigenvalue weighted by Gasteiger charge is -2.15. The fourth-order valence-electron chi connectivity index (χ4n) is 2.86. The topological polar surface area (TPSA) is 71.0 Å². The first-order valence-electron chi connectivity index (χ1n) is 9.14. The molecule has 0 bridgehead atoms. The Morgan fingerprint density at radius 3 is 2.29 bits per heavy atom. The van der Waals surface area contributed by atoms with E-state index in [1.807, 2.05) is 17.0 Å². The molecule has 146 valence electrons. The number of benzene rings is 2. The lowest BCUT2D eigenvalue weighted by molar-refractivity contribution is -0.132. The molecule has 1 aliphatic heterocycles. The summed E-state index contributed by atoms with van der Waals surface area (Å²) in [6.07, 6.45) is 2.13. The molecular formula is C21H22ClN3O3. The molecule has 0 aromatic heterocycles. The van der Waals surface area contributed by atoms with Gasteiger partial charge in [-0.05, 0) is 73.9 Å². The lowest BCUT2D eigenvalue weighted by atomic mass is 10.1. The van der Waals surface area contributed by atoms with Crippen molar-refractivity contribution in [2.45, 2.75) is 19.8 Å². The molecule has 2 aromatic rings. The highest BCUT2D eigenvalue weighted by molar-refractivity contribution is 6.30. The zero-order valence-corrected chi connectivity index (χ0v) is 16.4. The molecule has 1 N–H and O–H groups in total. The maximum absolute atomic E-state index is 12.1. The average molecular weight is 400 g/mol. The van der Waals surface area contributed by atoms with E-state index in [4.69, 9.17) is 16.3 Å². The summed E-state index contributed by atoms with van der Waals surface area (Å²) in [5.74, 6) is 0.329. The second-order valence-electron chi connectivity index (χ2n) is 6.55. The van der Waals surface area contributed by atoms with E-state index in [0.29, 0.717) is 22.0 Å². The van der Waals surface area contributed by atoms with Gasteiger partial charge in [0.1, 0.15) is 5.75 Å². The molecule has 0 spiro atoms. The average Bonchev–Trinajstić information content (AvgIpc) is 3.26. The Balaban J connectivity index is 1.53. The van der Waals surface area contributed by atoms with E-state index in [-0.39, 0.29) is 18.4 Å². The van der Waals surface area contributed by atoms with Crippen LogP contribution < -0.4 is 10.2 Å². The van der Waals surface area contributed by atoms with Crippen LogP contribution in [0.5, 0.6) is 5.75 Å². The summed E-state index contributed by atoms with van der Waals surface area (Å²) < 4.78 is 5.57. The summed E-state index contributed by atoms with van der Waals surface area (Å²) in [6, 6.07) is 13.8. The highest BCUT2D eigenvalue weighted by atomic mass is 35.5. The number of rotatable bonds is 6. The first kappa shape index (κ1) is 19.9. The fourth-order valence-corrected chi connectivity index (χ4v) is 2.99. The van der Waals surface area contributed by atoms with Crippen LogP contribution in [0.4, 0.5) is 0 Å². The number of nitrogens with zero attached hydrogens (tertiary/aromatic N) is 2. The molecule has 1 saturated heterocycles. The van der Waals surface area contributed by atoms with Crippen LogP contribution in [0.1, 0.15) is 35.7 Å². The second-order valence-corrected chi connectivity index (χ2v) is 6.98. The van der Waals surface area contributed by atoms with Gasteiger partial charge in [-0.25, -0.2) is 5.43 Å². The van der Waals surface area contributed by atoms with Crippen LogP contribution in [0.3, 0.4) is 0 Å². The summed E-state index contributed by atoms with van der Waals surface area (Å²) in [5.41, 5.74) is 4.50. The normalized spacial score (nSPS) is 14.1. The highest BCUT2D eigenvalue weighted by Gasteiger charge is 2.18. The SMILES string of the molecule is C/C(=N\NC(=O)c1ccc(Cl)cc1)c1ccc(OCC(=O)N2CCCC2)cc1. The summed E-state index contributed by atoms with van der Waals surface area (Å²) >= 11 is 5.82. The first-order valence-corrected chi connectivity index (χ1v) is 9.52. The minimum Gasteiger partial charge on any atom is -0.484 e. The number of hydrogen-bond donors (Lipinski definition) is 1. The number of hydrogen-bond acceptors (Lipinski definition) is 4. The Bertz CT molecular complexity index is 857. The number of halogens is 1. The van der Waals surface area contributed by atoms with Crippen molar-refractivity contribution in [2.24, 2.45) is 5.10 Å². The number of hydrazone groups is 1. The molecule has 6 nitrogen and oxygen atoms in total. The van der Waals surface area contributed by atoms with Gasteiger partial charge in [-0.15, -0.1) is 0 Å². The Labute approximate surface area is 169 Å². The van der Waals surface area contributed by atoms with Crippen LogP contribution in [0.2, 0.25) is 5.02 Å². The molecule has 2 amide bonds. The molecule has 0 radical (unpaired) electrons. The van der Waals surface area contributed by atoms with Gasteiger partial charge in [0.15, 0.2) is 6.61 Å². The van der Waals surface area contributed by atoms with Gasteiger partial charge in [0, 0.05) is 23.7 Å². The van der Waals surface area contributed by atoms with Gasteiger partial charge in [0.25, 0.3) is 11.8 Å². The number of nitrogens with one attached hydrogen (secondary N) is 1. The number of ether oxygens (including phenoxy) is 1. The Morgan fingerprint density at radius 1 is 1.04 bits per heavy atom. The molecule has 28 heavy (non-hydrogen) atoms. The van der Waals surface area contributed by atoms with Crippen LogP contribution >= 0.6 is 11.6 Å². The van der Waals surface area contributed by atoms with E-state index >= 15 is 0 Å². The molecule has 0 aliphatic carbocycles. The number of likely N-dealkylation sites (tertiary alicyclic amines) is 1. The molecule has 1 fully saturated rings. The summed E-state index contributed by atoms with van der Waals surface area (Å²) in [7, 11) is 0. The Kier molecular flexibility index (Phi) is 6.66. The third-order valence-corrected chi connectivity index (χ3v) is 4.78. The van der Waals surface area contributed by atoms with Gasteiger partial charge in [-0.1, -0.05) is 11.6 Å². The quantitative estimate of drug-likeness (QED) is 0.597. The number of carbonyl (C=O) groups is 2. The van der Waals surface area contributed by atoms with Crippen molar-refractivity contribution < 1.29 is 14.3 Å². The van der Waals surface area contributed by atoms with Gasteiger partial charge >= 0.3 is 0 Å². The van der Waals surface area contributed by atoms with Crippen molar-refractivity contribution in [3.63, 3.8) is 0 Å². The Hall–Kier alpha value is -2.86. The molecule has 1 aliphatic rings. The van der Waals surface area contributed by atoms with E-state index in [1.165, 1.54) is 0 Å². The third kappa shape index (κ3) is 5.33. The molecule has 2 aromatic carbocycles. The van der Waals surface area contributed by atoms with E-state index < -0.39 is 0 Å². The van der Waals surface area contributed by atoms with Gasteiger partial charge < -0.3 is 9.64 Å². The van der Waals surface area contributed by atoms with Crippen molar-refractivity contribution in [3.05, 3.63) is 64.7 Å². The van der Waals surface area contributed by atoms with Crippen molar-refractivity contribution >= 4 is 29.1 Å². The van der Waals surface area contributed by atoms with Gasteiger partial charge in [0.2, 0.25) is 0 Å². The largest absolute Gasteiger partial charge is 0.484 e. The lowest BCUT2D eigenvalue weighted by Crippen LogP contribution is -2.32. The van der Waals surface area contributed by atoms with Crippen LogP contribution in [0, 0.1) is 0 Å². The van der Waals surface area contributed by atoms with Crippen molar-refractivity contribution in [3.8, 4) is 5.75 Å². The van der Waals surface area contributed by atoms with Crippen molar-refractivity contribution in [1.29, 1.82) is 0 Å². The molecule has 0 atom stereocenters. The number of carbonyl (C=O) groups excluding carboxylic acids is 2. The fraction of sp³-hybridized carbons (Fsp3) is 0.286. The first-order chi connectivity index (χ1) is 13.5. The second kappa shape index (κ2) is 9.37. The molecule has 7 heteroatoms. The van der Waals surface area contributed by atoms with Crippen LogP contribution in [0.25, 0.3) is 0 Å². The summed E-state index contributed by atoms with van der Waals surface area (Å²) in [6.45, 7) is 3.48. The monoisotopic (exact) mass is 399 g/mol. The van der Waals surface area contributed by atoms with Crippen molar-refractivity contribution in [1.82, 2.24) is 10.3 Å². The predicted octanol–water partition coefficient (Wildman–Crippen LogP) is 3.50. The standard InChI is InChI=1S/C21H22ClN3O3/c1-15(23-24-21(27)17-4-8-18(22)9-5-17)16-6-10-19(11-7-16)28-14-20(26)25-12-2-3-13-25/h4-11H,2-3,12-14H2,1H3,(H,24,27)/b23-15+. The van der Waals surface area contributed by atoms with E-state index in [2.05, 4.69) is 10.5 Å². The van der Waals surface area contributed by atoms with E-state index in [0.717, 1.165) is 31.5 Å². The van der Waals surface area contributed by atoms with Gasteiger partial charge in [-0.3, -0.25) is 9.59 Å². The predicted molar refractivity (Wildman–Crippen MR) is 109 cm³/mol. The third-order valence-electron chi connectivity index (χ3n) is 4.52. The smallest absolute Gasteiger partial charge is 0.271 e. The van der Waals surface area contributed by atoms with Crippen LogP contribution in [0.15, 0.2) is 53.6 Å². The van der Waals surface area contributed by atoms with Gasteiger partial charge in [-0.2, -0.15) is 5.10 Å². The summed E-state index contributed by atoms with van der Waals surface area (Å²) in [5, 5.41) is 4.70. The Morgan fingerprint density at radius 2 is 1.64 bits per heavy atom.